The highest BCUT2D eigenvalue weighted by atomic mass is 16.5. The molecule has 0 aliphatic carbocycles. The van der Waals surface area contributed by atoms with E-state index in [1.54, 1.807) is 0 Å². The quantitative estimate of drug-likeness (QED) is 0.668. The summed E-state index contributed by atoms with van der Waals surface area (Å²) in [7, 11) is 0. The fourth-order valence-electron chi connectivity index (χ4n) is 2.83. The van der Waals surface area contributed by atoms with Crippen LogP contribution in [0.15, 0.2) is 42.5 Å². The highest BCUT2D eigenvalue weighted by Crippen LogP contribution is 2.37. The van der Waals surface area contributed by atoms with Gasteiger partial charge >= 0.3 is 5.97 Å². The Bertz CT molecular complexity index is 691. The predicted molar refractivity (Wildman–Crippen MR) is 85.4 cm³/mol. The zero-order chi connectivity index (χ0) is 15.5. The number of benzene rings is 2. The summed E-state index contributed by atoms with van der Waals surface area (Å²) in [5.74, 6) is 1.86. The van der Waals surface area contributed by atoms with Crippen LogP contribution in [0.3, 0.4) is 0 Å². The number of fused-ring (bicyclic) bond motifs is 2. The molecule has 3 rings (SSSR count). The zero-order valence-electron chi connectivity index (χ0n) is 13.0. The molecule has 0 radical (unpaired) electrons. The van der Waals surface area contributed by atoms with Gasteiger partial charge in [-0.15, -0.1) is 0 Å². The molecule has 0 bridgehead atoms. The molecule has 1 aliphatic heterocycles. The van der Waals surface area contributed by atoms with Gasteiger partial charge in [-0.1, -0.05) is 37.3 Å². The van der Waals surface area contributed by atoms with Gasteiger partial charge in [0.1, 0.15) is 11.5 Å². The fraction of sp³-hybridized carbons (Fsp3) is 0.316. The summed E-state index contributed by atoms with van der Waals surface area (Å²) < 4.78 is 11.1. The van der Waals surface area contributed by atoms with Crippen molar-refractivity contribution in [3.05, 3.63) is 59.2 Å². The lowest BCUT2D eigenvalue weighted by atomic mass is 9.92. The van der Waals surface area contributed by atoms with Crippen LogP contribution >= 0.6 is 0 Å². The standard InChI is InChI=1S/C19H20O3/c1-3-14(12-21-13(2)20)15-8-9-19-17(10-15)11-16-6-4-5-7-18(16)22-19/h4-10,14H,3,11-12H2,1-2H3. The Kier molecular flexibility index (Phi) is 4.14. The summed E-state index contributed by atoms with van der Waals surface area (Å²) >= 11 is 0. The molecule has 2 aromatic rings. The van der Waals surface area contributed by atoms with Gasteiger partial charge in [0.05, 0.1) is 6.61 Å². The second kappa shape index (κ2) is 6.22. The molecule has 1 atom stereocenters. The predicted octanol–water partition coefficient (Wildman–Crippen LogP) is 4.44. The smallest absolute Gasteiger partial charge is 0.302 e. The maximum atomic E-state index is 11.0. The van der Waals surface area contributed by atoms with Gasteiger partial charge in [0.2, 0.25) is 0 Å². The number of esters is 1. The van der Waals surface area contributed by atoms with Gasteiger partial charge in [0.25, 0.3) is 0 Å². The van der Waals surface area contributed by atoms with Crippen LogP contribution in [0.2, 0.25) is 0 Å². The maximum absolute atomic E-state index is 11.0. The van der Waals surface area contributed by atoms with Crippen molar-refractivity contribution >= 4 is 5.97 Å². The SMILES string of the molecule is CCC(COC(C)=O)c1ccc2c(c1)Cc1ccccc1O2. The molecule has 1 aliphatic rings. The van der Waals surface area contributed by atoms with Gasteiger partial charge in [0, 0.05) is 19.3 Å². The Hall–Kier alpha value is -2.29. The van der Waals surface area contributed by atoms with E-state index in [0.29, 0.717) is 6.61 Å². The van der Waals surface area contributed by atoms with E-state index in [9.17, 15) is 4.79 Å². The van der Waals surface area contributed by atoms with E-state index >= 15 is 0 Å². The number of hydrogen-bond donors (Lipinski definition) is 0. The van der Waals surface area contributed by atoms with Crippen molar-refractivity contribution in [3.63, 3.8) is 0 Å². The fourth-order valence-corrected chi connectivity index (χ4v) is 2.83. The van der Waals surface area contributed by atoms with Crippen LogP contribution in [-0.4, -0.2) is 12.6 Å². The molecule has 1 heterocycles. The number of ether oxygens (including phenoxy) is 2. The van der Waals surface area contributed by atoms with E-state index in [1.807, 2.05) is 24.3 Å². The first-order chi connectivity index (χ1) is 10.7. The minimum atomic E-state index is -0.228. The summed E-state index contributed by atoms with van der Waals surface area (Å²) in [6, 6.07) is 14.4. The maximum Gasteiger partial charge on any atom is 0.302 e. The van der Waals surface area contributed by atoms with E-state index in [1.165, 1.54) is 23.6 Å². The lowest BCUT2D eigenvalue weighted by Crippen LogP contribution is -2.11. The third kappa shape index (κ3) is 2.98. The van der Waals surface area contributed by atoms with Gasteiger partial charge in [-0.3, -0.25) is 4.79 Å². The third-order valence-corrected chi connectivity index (χ3v) is 4.11. The molecule has 22 heavy (non-hydrogen) atoms. The molecule has 0 fully saturated rings. The summed E-state index contributed by atoms with van der Waals surface area (Å²) in [5, 5.41) is 0. The Labute approximate surface area is 130 Å². The zero-order valence-corrected chi connectivity index (χ0v) is 13.0. The van der Waals surface area contributed by atoms with Crippen molar-refractivity contribution in [1.29, 1.82) is 0 Å². The van der Waals surface area contributed by atoms with Crippen molar-refractivity contribution in [2.45, 2.75) is 32.6 Å². The van der Waals surface area contributed by atoms with Crippen molar-refractivity contribution < 1.29 is 14.3 Å². The van der Waals surface area contributed by atoms with Gasteiger partial charge in [-0.2, -0.15) is 0 Å². The van der Waals surface area contributed by atoms with Crippen molar-refractivity contribution in [2.75, 3.05) is 6.61 Å². The second-order valence-corrected chi connectivity index (χ2v) is 5.66. The first-order valence-electron chi connectivity index (χ1n) is 7.69. The van der Waals surface area contributed by atoms with E-state index < -0.39 is 0 Å². The molecular weight excluding hydrogens is 276 g/mol. The van der Waals surface area contributed by atoms with Crippen LogP contribution < -0.4 is 4.74 Å². The molecule has 0 saturated heterocycles. The van der Waals surface area contributed by atoms with Crippen molar-refractivity contribution in [2.24, 2.45) is 0 Å². The first kappa shape index (κ1) is 14.6. The summed E-state index contributed by atoms with van der Waals surface area (Å²) in [6.45, 7) is 3.99. The molecule has 0 saturated carbocycles. The summed E-state index contributed by atoms with van der Waals surface area (Å²) in [6.07, 6.45) is 1.81. The second-order valence-electron chi connectivity index (χ2n) is 5.66. The lowest BCUT2D eigenvalue weighted by Gasteiger charge is -2.22. The van der Waals surface area contributed by atoms with Gasteiger partial charge in [-0.25, -0.2) is 0 Å². The van der Waals surface area contributed by atoms with Crippen molar-refractivity contribution in [3.8, 4) is 11.5 Å². The Morgan fingerprint density at radius 3 is 2.73 bits per heavy atom. The minimum Gasteiger partial charge on any atom is -0.465 e. The number of hydrogen-bond acceptors (Lipinski definition) is 3. The molecule has 0 aromatic heterocycles. The van der Waals surface area contributed by atoms with Crippen LogP contribution in [0.5, 0.6) is 11.5 Å². The molecule has 114 valence electrons. The Morgan fingerprint density at radius 1 is 1.18 bits per heavy atom. The number of carbonyl (C=O) groups excluding carboxylic acids is 1. The number of carbonyl (C=O) groups is 1. The highest BCUT2D eigenvalue weighted by molar-refractivity contribution is 5.66. The normalized spacial score (nSPS) is 13.5. The molecule has 3 heteroatoms. The van der Waals surface area contributed by atoms with E-state index in [2.05, 4.69) is 25.1 Å². The average Bonchev–Trinajstić information content (AvgIpc) is 2.53. The molecular formula is C19H20O3. The Balaban J connectivity index is 1.84. The van der Waals surface area contributed by atoms with Gasteiger partial charge in [-0.05, 0) is 35.2 Å². The van der Waals surface area contributed by atoms with E-state index in [-0.39, 0.29) is 11.9 Å². The van der Waals surface area contributed by atoms with Crippen LogP contribution in [0.1, 0.15) is 42.9 Å². The van der Waals surface area contributed by atoms with Gasteiger partial charge < -0.3 is 9.47 Å². The van der Waals surface area contributed by atoms with Crippen LogP contribution in [-0.2, 0) is 16.0 Å². The summed E-state index contributed by atoms with van der Waals surface area (Å²) in [4.78, 5) is 11.0. The first-order valence-corrected chi connectivity index (χ1v) is 7.69. The number of rotatable bonds is 4. The molecule has 2 aromatic carbocycles. The molecule has 0 N–H and O–H groups in total. The number of para-hydroxylation sites is 1. The highest BCUT2D eigenvalue weighted by Gasteiger charge is 2.19. The van der Waals surface area contributed by atoms with Crippen LogP contribution in [0, 0.1) is 0 Å². The van der Waals surface area contributed by atoms with Gasteiger partial charge in [0.15, 0.2) is 0 Å². The molecule has 1 unspecified atom stereocenters. The van der Waals surface area contributed by atoms with E-state index in [4.69, 9.17) is 9.47 Å². The third-order valence-electron chi connectivity index (χ3n) is 4.11. The van der Waals surface area contributed by atoms with Crippen LogP contribution in [0.4, 0.5) is 0 Å². The molecule has 0 spiro atoms. The van der Waals surface area contributed by atoms with E-state index in [0.717, 1.165) is 24.3 Å². The monoisotopic (exact) mass is 296 g/mol. The van der Waals surface area contributed by atoms with Crippen molar-refractivity contribution in [1.82, 2.24) is 0 Å². The lowest BCUT2D eigenvalue weighted by molar-refractivity contribution is -0.141. The largest absolute Gasteiger partial charge is 0.465 e. The topological polar surface area (TPSA) is 35.5 Å². The minimum absolute atomic E-state index is 0.228. The molecule has 0 amide bonds. The summed E-state index contributed by atoms with van der Waals surface area (Å²) in [5.41, 5.74) is 3.60. The van der Waals surface area contributed by atoms with Crippen LogP contribution in [0.25, 0.3) is 0 Å². The average molecular weight is 296 g/mol. The Morgan fingerprint density at radius 2 is 1.95 bits per heavy atom. The molecule has 3 nitrogen and oxygen atoms in total.